The van der Waals surface area contributed by atoms with E-state index in [1.54, 1.807) is 14.2 Å². The number of sulfone groups is 1. The minimum Gasteiger partial charge on any atom is -0.497 e. The molecule has 1 amide bonds. The summed E-state index contributed by atoms with van der Waals surface area (Å²) in [5, 5.41) is 3.29. The van der Waals surface area contributed by atoms with Gasteiger partial charge in [0.15, 0.2) is 9.84 Å². The third kappa shape index (κ3) is 6.10. The third-order valence-corrected chi connectivity index (χ3v) is 8.81. The molecule has 2 aromatic carbocycles. The van der Waals surface area contributed by atoms with E-state index in [-0.39, 0.29) is 35.4 Å². The van der Waals surface area contributed by atoms with Crippen LogP contribution in [0, 0.1) is 5.92 Å². The second kappa shape index (κ2) is 10.8. The number of rotatable bonds is 8. The van der Waals surface area contributed by atoms with Crippen LogP contribution in [0.5, 0.6) is 11.5 Å². The molecule has 0 bridgehead atoms. The van der Waals surface area contributed by atoms with Gasteiger partial charge in [-0.3, -0.25) is 9.69 Å². The van der Waals surface area contributed by atoms with Gasteiger partial charge in [-0.05, 0) is 74.2 Å². The Morgan fingerprint density at radius 2 is 1.56 bits per heavy atom. The molecule has 0 aromatic heterocycles. The Morgan fingerprint density at radius 3 is 2.09 bits per heavy atom. The maximum Gasteiger partial charge on any atom is 0.223 e. The molecule has 4 rings (SSSR count). The van der Waals surface area contributed by atoms with Crippen LogP contribution in [-0.2, 0) is 21.1 Å². The highest BCUT2D eigenvalue weighted by Crippen LogP contribution is 2.27. The molecule has 0 saturated carbocycles. The standard InChI is InChI=1S/C26H34N2O5S/c1-32-23-7-3-19(4-8-23)17-25(20-5-9-24(33-2)10-6-20)27-26(29)21-11-14-28(15-12-21)22-13-16-34(30,31)18-22/h3-10,21-22,25H,11-18H2,1-2H3,(H,27,29)/t22-,25-/m1/s1. The number of hydrogen-bond donors (Lipinski definition) is 1. The molecule has 184 valence electrons. The Bertz CT molecular complexity index is 1060. The number of nitrogens with one attached hydrogen (secondary N) is 1. The fraction of sp³-hybridized carbons (Fsp3) is 0.500. The molecule has 0 radical (unpaired) electrons. The molecule has 2 atom stereocenters. The fourth-order valence-corrected chi connectivity index (χ4v) is 6.73. The summed E-state index contributed by atoms with van der Waals surface area (Å²) in [6.07, 6.45) is 2.88. The third-order valence-electron chi connectivity index (χ3n) is 7.06. The summed E-state index contributed by atoms with van der Waals surface area (Å²) in [5.74, 6) is 2.12. The van der Waals surface area contributed by atoms with Gasteiger partial charge < -0.3 is 14.8 Å². The molecule has 2 aliphatic rings. The van der Waals surface area contributed by atoms with Gasteiger partial charge in [0.05, 0.1) is 31.8 Å². The lowest BCUT2D eigenvalue weighted by Gasteiger charge is -2.35. The van der Waals surface area contributed by atoms with Crippen molar-refractivity contribution in [2.24, 2.45) is 5.92 Å². The summed E-state index contributed by atoms with van der Waals surface area (Å²) in [4.78, 5) is 15.5. The van der Waals surface area contributed by atoms with Crippen LogP contribution in [0.25, 0.3) is 0 Å². The molecule has 2 heterocycles. The van der Waals surface area contributed by atoms with E-state index in [4.69, 9.17) is 9.47 Å². The van der Waals surface area contributed by atoms with E-state index in [1.807, 2.05) is 48.5 Å². The SMILES string of the molecule is COc1ccc(C[C@@H](NC(=O)C2CCN([C@@H]3CCS(=O)(=O)C3)CC2)c2ccc(OC)cc2)cc1. The number of nitrogens with zero attached hydrogens (tertiary/aromatic N) is 1. The Kier molecular flexibility index (Phi) is 7.78. The lowest BCUT2D eigenvalue weighted by Crippen LogP contribution is -2.46. The Balaban J connectivity index is 1.41. The Hall–Kier alpha value is -2.58. The topological polar surface area (TPSA) is 84.9 Å². The van der Waals surface area contributed by atoms with Crippen LogP contribution in [0.2, 0.25) is 0 Å². The number of likely N-dealkylation sites (tertiary alicyclic amines) is 1. The molecule has 2 fully saturated rings. The van der Waals surface area contributed by atoms with Gasteiger partial charge in [-0.25, -0.2) is 8.42 Å². The molecule has 0 spiro atoms. The van der Waals surface area contributed by atoms with Crippen molar-refractivity contribution in [2.75, 3.05) is 38.8 Å². The predicted octanol–water partition coefficient (Wildman–Crippen LogP) is 3.00. The summed E-state index contributed by atoms with van der Waals surface area (Å²) >= 11 is 0. The van der Waals surface area contributed by atoms with Crippen LogP contribution in [-0.4, -0.2) is 64.1 Å². The first-order valence-electron chi connectivity index (χ1n) is 11.9. The highest BCUT2D eigenvalue weighted by molar-refractivity contribution is 7.91. The molecule has 7 nitrogen and oxygen atoms in total. The van der Waals surface area contributed by atoms with E-state index in [0.29, 0.717) is 12.8 Å². The van der Waals surface area contributed by atoms with Crippen LogP contribution >= 0.6 is 0 Å². The molecular weight excluding hydrogens is 452 g/mol. The fourth-order valence-electron chi connectivity index (χ4n) is 4.97. The number of carbonyl (C=O) groups excluding carboxylic acids is 1. The largest absolute Gasteiger partial charge is 0.497 e. The van der Waals surface area contributed by atoms with Gasteiger partial charge in [-0.15, -0.1) is 0 Å². The maximum atomic E-state index is 13.3. The zero-order valence-corrected chi connectivity index (χ0v) is 20.7. The van der Waals surface area contributed by atoms with E-state index in [2.05, 4.69) is 10.2 Å². The number of methoxy groups -OCH3 is 2. The van der Waals surface area contributed by atoms with E-state index >= 15 is 0 Å². The van der Waals surface area contributed by atoms with Crippen molar-refractivity contribution in [2.45, 2.75) is 37.8 Å². The van der Waals surface area contributed by atoms with Gasteiger partial charge in [-0.2, -0.15) is 0 Å². The predicted molar refractivity (Wildman–Crippen MR) is 132 cm³/mol. The van der Waals surface area contributed by atoms with Crippen LogP contribution in [0.3, 0.4) is 0 Å². The lowest BCUT2D eigenvalue weighted by atomic mass is 9.92. The molecule has 2 aliphatic heterocycles. The second-order valence-electron chi connectivity index (χ2n) is 9.25. The lowest BCUT2D eigenvalue weighted by molar-refractivity contribution is -0.127. The average Bonchev–Trinajstić information content (AvgIpc) is 3.23. The van der Waals surface area contributed by atoms with E-state index in [1.165, 1.54) is 0 Å². The van der Waals surface area contributed by atoms with Crippen LogP contribution in [0.1, 0.15) is 36.4 Å². The highest BCUT2D eigenvalue weighted by atomic mass is 32.2. The Morgan fingerprint density at radius 1 is 0.971 bits per heavy atom. The number of carbonyl (C=O) groups is 1. The first-order valence-corrected chi connectivity index (χ1v) is 13.7. The van der Waals surface area contributed by atoms with E-state index in [9.17, 15) is 13.2 Å². The molecule has 2 aromatic rings. The number of ether oxygens (including phenoxy) is 2. The molecule has 2 saturated heterocycles. The summed E-state index contributed by atoms with van der Waals surface area (Å²) in [6.45, 7) is 1.54. The van der Waals surface area contributed by atoms with Gasteiger partial charge in [0.2, 0.25) is 5.91 Å². The minimum absolute atomic E-state index is 0.0630. The molecular formula is C26H34N2O5S. The first-order chi connectivity index (χ1) is 16.4. The zero-order valence-electron chi connectivity index (χ0n) is 19.9. The first kappa shape index (κ1) is 24.5. The van der Waals surface area contributed by atoms with Crippen molar-refractivity contribution < 1.29 is 22.7 Å². The van der Waals surface area contributed by atoms with Crippen molar-refractivity contribution in [3.05, 3.63) is 59.7 Å². The van der Waals surface area contributed by atoms with Crippen molar-refractivity contribution >= 4 is 15.7 Å². The van der Waals surface area contributed by atoms with Gasteiger partial charge in [0.1, 0.15) is 11.5 Å². The summed E-state index contributed by atoms with van der Waals surface area (Å²) in [5.41, 5.74) is 2.14. The van der Waals surface area contributed by atoms with Crippen molar-refractivity contribution in [1.29, 1.82) is 0 Å². The van der Waals surface area contributed by atoms with Crippen molar-refractivity contribution in [1.82, 2.24) is 10.2 Å². The molecule has 34 heavy (non-hydrogen) atoms. The minimum atomic E-state index is -2.90. The maximum absolute atomic E-state index is 13.3. The van der Waals surface area contributed by atoms with E-state index in [0.717, 1.165) is 48.6 Å². The second-order valence-corrected chi connectivity index (χ2v) is 11.5. The summed E-state index contributed by atoms with van der Waals surface area (Å²) < 4.78 is 34.2. The summed E-state index contributed by atoms with van der Waals surface area (Å²) in [6, 6.07) is 15.7. The molecule has 1 N–H and O–H groups in total. The van der Waals surface area contributed by atoms with Gasteiger partial charge in [0, 0.05) is 12.0 Å². The van der Waals surface area contributed by atoms with Crippen LogP contribution < -0.4 is 14.8 Å². The number of amides is 1. The molecule has 8 heteroatoms. The van der Waals surface area contributed by atoms with Gasteiger partial charge in [-0.1, -0.05) is 24.3 Å². The molecule has 0 unspecified atom stereocenters. The number of hydrogen-bond acceptors (Lipinski definition) is 6. The molecule has 0 aliphatic carbocycles. The van der Waals surface area contributed by atoms with Crippen LogP contribution in [0.15, 0.2) is 48.5 Å². The van der Waals surface area contributed by atoms with E-state index < -0.39 is 9.84 Å². The zero-order chi connectivity index (χ0) is 24.1. The Labute approximate surface area is 202 Å². The van der Waals surface area contributed by atoms with Gasteiger partial charge >= 0.3 is 0 Å². The number of benzene rings is 2. The quantitative estimate of drug-likeness (QED) is 0.618. The van der Waals surface area contributed by atoms with Crippen LogP contribution in [0.4, 0.5) is 0 Å². The monoisotopic (exact) mass is 486 g/mol. The normalized spacial score (nSPS) is 21.6. The number of piperidine rings is 1. The smallest absolute Gasteiger partial charge is 0.223 e. The van der Waals surface area contributed by atoms with Crippen molar-refractivity contribution in [3.8, 4) is 11.5 Å². The average molecular weight is 487 g/mol. The highest BCUT2D eigenvalue weighted by Gasteiger charge is 2.35. The van der Waals surface area contributed by atoms with Crippen molar-refractivity contribution in [3.63, 3.8) is 0 Å². The summed E-state index contributed by atoms with van der Waals surface area (Å²) in [7, 11) is 0.385. The van der Waals surface area contributed by atoms with Gasteiger partial charge in [0.25, 0.3) is 0 Å².